The monoisotopic (exact) mass is 447 g/mol. The Labute approximate surface area is 192 Å². The number of nitrogens with zero attached hydrogens (tertiary/aromatic N) is 6. The summed E-state index contributed by atoms with van der Waals surface area (Å²) in [4.78, 5) is 30.1. The number of hydrogen-bond donors (Lipinski definition) is 3. The van der Waals surface area contributed by atoms with Gasteiger partial charge in [-0.15, -0.1) is 0 Å². The van der Waals surface area contributed by atoms with E-state index in [1.54, 1.807) is 0 Å². The Balaban J connectivity index is 1.31. The van der Waals surface area contributed by atoms with Crippen molar-refractivity contribution in [3.05, 3.63) is 53.0 Å². The van der Waals surface area contributed by atoms with Crippen molar-refractivity contribution in [1.82, 2.24) is 35.4 Å². The molecule has 1 aliphatic heterocycles. The van der Waals surface area contributed by atoms with E-state index in [1.807, 2.05) is 62.9 Å². The summed E-state index contributed by atoms with van der Waals surface area (Å²) in [5, 5.41) is 14.0. The average Bonchev–Trinajstić information content (AvgIpc) is 3.32. The molecule has 10 heteroatoms. The lowest BCUT2D eigenvalue weighted by molar-refractivity contribution is 0.142. The Kier molecular flexibility index (Phi) is 4.95. The van der Waals surface area contributed by atoms with E-state index in [2.05, 4.69) is 47.9 Å². The van der Waals surface area contributed by atoms with Crippen molar-refractivity contribution in [2.24, 2.45) is 0 Å². The van der Waals surface area contributed by atoms with Crippen LogP contribution in [-0.2, 0) is 12.1 Å². The summed E-state index contributed by atoms with van der Waals surface area (Å²) in [5.74, 6) is 2.61. The molecule has 2 aromatic heterocycles. The highest BCUT2D eigenvalue weighted by atomic mass is 16.2. The number of nitrogens with one attached hydrogen (secondary N) is 3. The van der Waals surface area contributed by atoms with Crippen LogP contribution in [0.15, 0.2) is 30.3 Å². The Bertz CT molecular complexity index is 1190. The molecule has 0 saturated heterocycles. The molecule has 10 nitrogen and oxygen atoms in total. The number of amides is 2. The maximum atomic E-state index is 13.2. The number of aromatic amines is 1. The summed E-state index contributed by atoms with van der Waals surface area (Å²) in [6.07, 6.45) is 0.969. The molecule has 3 aromatic rings. The van der Waals surface area contributed by atoms with E-state index in [9.17, 15) is 4.79 Å². The highest BCUT2D eigenvalue weighted by molar-refractivity contribution is 5.78. The number of carbonyl (C=O) groups is 1. The molecule has 2 atom stereocenters. The lowest BCUT2D eigenvalue weighted by atomic mass is 10.0. The van der Waals surface area contributed by atoms with Crippen LogP contribution in [0.25, 0.3) is 0 Å². The molecule has 0 spiro atoms. The summed E-state index contributed by atoms with van der Waals surface area (Å²) in [6, 6.07) is 10.4. The van der Waals surface area contributed by atoms with Gasteiger partial charge in [-0.05, 0) is 32.8 Å². The Morgan fingerprint density at radius 1 is 1.18 bits per heavy atom. The van der Waals surface area contributed by atoms with Crippen LogP contribution in [0.5, 0.6) is 0 Å². The number of hydrogen-bond acceptors (Lipinski definition) is 7. The number of rotatable bonds is 5. The number of carbonyl (C=O) groups excluding carboxylic acids is 1. The van der Waals surface area contributed by atoms with E-state index in [0.29, 0.717) is 36.0 Å². The first-order chi connectivity index (χ1) is 15.7. The number of aryl methyl sites for hydroxylation is 1. The van der Waals surface area contributed by atoms with Gasteiger partial charge < -0.3 is 20.4 Å². The van der Waals surface area contributed by atoms with Gasteiger partial charge in [0.25, 0.3) is 0 Å². The molecule has 2 aliphatic rings. The molecular weight excluding hydrogens is 418 g/mol. The highest BCUT2D eigenvalue weighted by Gasteiger charge is 2.46. The van der Waals surface area contributed by atoms with Crippen LogP contribution in [0, 0.1) is 6.92 Å². The van der Waals surface area contributed by atoms with Gasteiger partial charge in [-0.2, -0.15) is 20.1 Å². The van der Waals surface area contributed by atoms with Gasteiger partial charge in [-0.25, -0.2) is 4.79 Å². The van der Waals surface area contributed by atoms with E-state index in [4.69, 9.17) is 0 Å². The Morgan fingerprint density at radius 3 is 2.67 bits per heavy atom. The van der Waals surface area contributed by atoms with Gasteiger partial charge in [0.2, 0.25) is 11.9 Å². The number of benzene rings is 1. The molecule has 1 unspecified atom stereocenters. The van der Waals surface area contributed by atoms with Crippen molar-refractivity contribution in [3.63, 3.8) is 0 Å². The standard InChI is InChI=1S/C23H29N9O/c1-13-24-20(28-21(25-13)31(4)5)27-19-16-12-32(23(2,3)18(16)29-30-19)22(33)26-17-11-15(17)14-9-7-6-8-10-14/h6-10,15,17H,11-12H2,1-5H3,(H,26,33)(H2,24,25,27,28,29,30)/t15-,17?/m1/s1. The van der Waals surface area contributed by atoms with E-state index in [0.717, 1.165) is 17.7 Å². The van der Waals surface area contributed by atoms with Crippen LogP contribution in [0.1, 0.15) is 48.8 Å². The van der Waals surface area contributed by atoms with Crippen LogP contribution in [0.2, 0.25) is 0 Å². The summed E-state index contributed by atoms with van der Waals surface area (Å²) >= 11 is 0. The largest absolute Gasteiger partial charge is 0.347 e. The van der Waals surface area contributed by atoms with Crippen LogP contribution in [-0.4, -0.2) is 56.2 Å². The molecule has 0 radical (unpaired) electrons. The summed E-state index contributed by atoms with van der Waals surface area (Å²) in [5.41, 5.74) is 2.60. The number of aromatic nitrogens is 5. The molecule has 1 fully saturated rings. The third kappa shape index (κ3) is 3.85. The molecule has 5 rings (SSSR count). The van der Waals surface area contributed by atoms with Crippen molar-refractivity contribution in [2.75, 3.05) is 24.3 Å². The van der Waals surface area contributed by atoms with E-state index < -0.39 is 5.54 Å². The van der Waals surface area contributed by atoms with Gasteiger partial charge in [0.05, 0.1) is 17.8 Å². The molecule has 0 bridgehead atoms. The topological polar surface area (TPSA) is 115 Å². The second kappa shape index (κ2) is 7.72. The predicted octanol–water partition coefficient (Wildman–Crippen LogP) is 3.03. The summed E-state index contributed by atoms with van der Waals surface area (Å²) in [7, 11) is 3.76. The lowest BCUT2D eigenvalue weighted by Gasteiger charge is -2.32. The zero-order valence-electron chi connectivity index (χ0n) is 19.5. The van der Waals surface area contributed by atoms with E-state index in [1.165, 1.54) is 5.56 Å². The van der Waals surface area contributed by atoms with Gasteiger partial charge >= 0.3 is 6.03 Å². The molecule has 3 heterocycles. The third-order valence-corrected chi connectivity index (χ3v) is 6.41. The molecule has 1 aromatic carbocycles. The van der Waals surface area contributed by atoms with Crippen LogP contribution in [0.3, 0.4) is 0 Å². The van der Waals surface area contributed by atoms with Crippen molar-refractivity contribution < 1.29 is 4.79 Å². The second-order valence-corrected chi connectivity index (χ2v) is 9.41. The Hall–Kier alpha value is -3.69. The van der Waals surface area contributed by atoms with E-state index in [-0.39, 0.29) is 12.1 Å². The van der Waals surface area contributed by atoms with Gasteiger partial charge in [-0.3, -0.25) is 5.10 Å². The van der Waals surface area contributed by atoms with Gasteiger partial charge in [0, 0.05) is 31.6 Å². The van der Waals surface area contributed by atoms with Crippen molar-refractivity contribution in [2.45, 2.75) is 51.2 Å². The minimum absolute atomic E-state index is 0.0649. The predicted molar refractivity (Wildman–Crippen MR) is 125 cm³/mol. The Morgan fingerprint density at radius 2 is 1.94 bits per heavy atom. The van der Waals surface area contributed by atoms with Gasteiger partial charge in [0.1, 0.15) is 5.82 Å². The average molecular weight is 448 g/mol. The molecule has 2 amide bonds. The minimum atomic E-state index is -0.521. The molecular formula is C23H29N9O. The number of urea groups is 1. The second-order valence-electron chi connectivity index (χ2n) is 9.41. The maximum Gasteiger partial charge on any atom is 0.318 e. The van der Waals surface area contributed by atoms with Crippen LogP contribution in [0.4, 0.5) is 22.5 Å². The number of H-pyrrole nitrogens is 1. The summed E-state index contributed by atoms with van der Waals surface area (Å²) in [6.45, 7) is 6.32. The smallest absolute Gasteiger partial charge is 0.318 e. The first-order valence-corrected chi connectivity index (χ1v) is 11.1. The number of anilines is 3. The maximum absolute atomic E-state index is 13.2. The first-order valence-electron chi connectivity index (χ1n) is 11.1. The molecule has 33 heavy (non-hydrogen) atoms. The fourth-order valence-electron chi connectivity index (χ4n) is 4.43. The van der Waals surface area contributed by atoms with Gasteiger partial charge in [-0.1, -0.05) is 30.3 Å². The SMILES string of the molecule is Cc1nc(Nc2n[nH]c3c2CN(C(=O)NC2C[C@@H]2c2ccccc2)C3(C)C)nc(N(C)C)n1. The zero-order chi connectivity index (χ0) is 23.3. The number of fused-ring (bicyclic) bond motifs is 1. The van der Waals surface area contributed by atoms with Crippen molar-refractivity contribution in [1.29, 1.82) is 0 Å². The van der Waals surface area contributed by atoms with Gasteiger partial charge in [0.15, 0.2) is 5.82 Å². The van der Waals surface area contributed by atoms with E-state index >= 15 is 0 Å². The minimum Gasteiger partial charge on any atom is -0.347 e. The summed E-state index contributed by atoms with van der Waals surface area (Å²) < 4.78 is 0. The molecule has 1 saturated carbocycles. The fourth-order valence-corrected chi connectivity index (χ4v) is 4.43. The molecule has 172 valence electrons. The quantitative estimate of drug-likeness (QED) is 0.551. The molecule has 1 aliphatic carbocycles. The third-order valence-electron chi connectivity index (χ3n) is 6.41. The highest BCUT2D eigenvalue weighted by Crippen LogP contribution is 2.43. The lowest BCUT2D eigenvalue weighted by Crippen LogP contribution is -2.47. The zero-order valence-corrected chi connectivity index (χ0v) is 19.5. The molecule has 3 N–H and O–H groups in total. The normalized spacial score (nSPS) is 20.3. The fraction of sp³-hybridized carbons (Fsp3) is 0.435. The van der Waals surface area contributed by atoms with Crippen LogP contribution < -0.4 is 15.5 Å². The van der Waals surface area contributed by atoms with Crippen molar-refractivity contribution in [3.8, 4) is 0 Å². The van der Waals surface area contributed by atoms with Crippen LogP contribution >= 0.6 is 0 Å². The van der Waals surface area contributed by atoms with Crippen molar-refractivity contribution >= 4 is 23.7 Å². The first kappa shape index (κ1) is 21.2.